The number of hydrogen-bond acceptors (Lipinski definition) is 3. The van der Waals surface area contributed by atoms with Gasteiger partial charge in [-0.2, -0.15) is 40.4 Å². The van der Waals surface area contributed by atoms with Crippen molar-refractivity contribution in [1.82, 2.24) is 4.98 Å². The number of nitrogens with one attached hydrogen (secondary N) is 1. The van der Waals surface area contributed by atoms with Crippen LogP contribution in [0.25, 0.3) is 10.9 Å². The number of anilines is 1. The summed E-state index contributed by atoms with van der Waals surface area (Å²) in [6.45, 7) is 2.34. The SMILES string of the molecule is [B]c1cc(C#N)nc2ccc(C(=O)Nc3c(C)cc(C(F)(C(F)(F)F)C(F)(F)C(F)(F)F)cc3CC)cc12. The molecular formula is C24H15BF9N3O. The molecule has 1 amide bonds. The van der Waals surface area contributed by atoms with E-state index in [-0.39, 0.29) is 52.0 Å². The largest absolute Gasteiger partial charge is 0.457 e. The van der Waals surface area contributed by atoms with Crippen molar-refractivity contribution in [3.8, 4) is 6.07 Å². The minimum absolute atomic E-state index is 0.0226. The predicted molar refractivity (Wildman–Crippen MR) is 120 cm³/mol. The summed E-state index contributed by atoms with van der Waals surface area (Å²) in [5.74, 6) is -7.66. The number of rotatable bonds is 5. The molecule has 0 bridgehead atoms. The van der Waals surface area contributed by atoms with Gasteiger partial charge in [-0.3, -0.25) is 4.79 Å². The van der Waals surface area contributed by atoms with Gasteiger partial charge in [0.25, 0.3) is 5.91 Å². The highest BCUT2D eigenvalue weighted by Crippen LogP contribution is 2.58. The first-order valence-electron chi connectivity index (χ1n) is 10.6. The van der Waals surface area contributed by atoms with Gasteiger partial charge in [0, 0.05) is 16.8 Å². The van der Waals surface area contributed by atoms with E-state index >= 15 is 0 Å². The molecule has 0 aliphatic heterocycles. The van der Waals surface area contributed by atoms with Crippen LogP contribution in [-0.2, 0) is 12.1 Å². The van der Waals surface area contributed by atoms with Gasteiger partial charge in [0.2, 0.25) is 0 Å². The molecule has 1 atom stereocenters. The Hall–Kier alpha value is -3.76. The van der Waals surface area contributed by atoms with Crippen molar-refractivity contribution in [3.63, 3.8) is 0 Å². The lowest BCUT2D eigenvalue weighted by Gasteiger charge is -2.36. The lowest BCUT2D eigenvalue weighted by Crippen LogP contribution is -2.59. The summed E-state index contributed by atoms with van der Waals surface area (Å²) >= 11 is 0. The van der Waals surface area contributed by atoms with Crippen molar-refractivity contribution in [2.24, 2.45) is 0 Å². The summed E-state index contributed by atoms with van der Waals surface area (Å²) in [7, 11) is 5.89. The van der Waals surface area contributed by atoms with Crippen molar-refractivity contribution in [3.05, 3.63) is 64.3 Å². The number of nitriles is 1. The zero-order valence-electron chi connectivity index (χ0n) is 19.5. The Bertz CT molecular complexity index is 1460. The molecule has 2 radical (unpaired) electrons. The Balaban J connectivity index is 2.09. The molecule has 1 unspecified atom stereocenters. The summed E-state index contributed by atoms with van der Waals surface area (Å²) in [5.41, 5.74) is -8.58. The molecule has 1 aromatic heterocycles. The number of pyridine rings is 1. The minimum atomic E-state index is -6.86. The number of fused-ring (bicyclic) bond motifs is 1. The normalized spacial score (nSPS) is 14.2. The van der Waals surface area contributed by atoms with E-state index in [1.165, 1.54) is 31.2 Å². The first kappa shape index (κ1) is 28.8. The molecular weight excluding hydrogens is 528 g/mol. The number of carbonyl (C=O) groups is 1. The Kier molecular flexibility index (Phi) is 7.22. The summed E-state index contributed by atoms with van der Waals surface area (Å²) in [5, 5.41) is 11.7. The molecule has 0 spiro atoms. The van der Waals surface area contributed by atoms with Crippen LogP contribution in [0, 0.1) is 18.3 Å². The lowest BCUT2D eigenvalue weighted by molar-refractivity contribution is -0.389. The van der Waals surface area contributed by atoms with Crippen LogP contribution >= 0.6 is 0 Å². The van der Waals surface area contributed by atoms with Gasteiger partial charge in [0.15, 0.2) is 0 Å². The summed E-state index contributed by atoms with van der Waals surface area (Å²) in [6.07, 6.45) is -13.8. The van der Waals surface area contributed by atoms with Crippen LogP contribution in [0.15, 0.2) is 36.4 Å². The molecule has 3 rings (SSSR count). The first-order chi connectivity index (χ1) is 17.4. The van der Waals surface area contributed by atoms with Crippen LogP contribution in [0.5, 0.6) is 0 Å². The summed E-state index contributed by atoms with van der Waals surface area (Å²) in [4.78, 5) is 16.9. The monoisotopic (exact) mass is 543 g/mol. The maximum Gasteiger partial charge on any atom is 0.457 e. The van der Waals surface area contributed by atoms with Crippen LogP contribution in [-0.4, -0.2) is 37.0 Å². The average Bonchev–Trinajstić information content (AvgIpc) is 2.82. The van der Waals surface area contributed by atoms with Crippen molar-refractivity contribution in [2.45, 2.75) is 44.2 Å². The highest BCUT2D eigenvalue weighted by molar-refractivity contribution is 6.38. The lowest BCUT2D eigenvalue weighted by atomic mass is 9.85. The quantitative estimate of drug-likeness (QED) is 0.320. The second-order valence-electron chi connectivity index (χ2n) is 8.30. The number of hydrogen-bond donors (Lipinski definition) is 1. The number of benzene rings is 2. The van der Waals surface area contributed by atoms with E-state index < -0.39 is 41.0 Å². The van der Waals surface area contributed by atoms with E-state index in [0.717, 1.165) is 6.92 Å². The van der Waals surface area contributed by atoms with Gasteiger partial charge in [0.05, 0.1) is 5.52 Å². The molecule has 0 fully saturated rings. The van der Waals surface area contributed by atoms with Crippen molar-refractivity contribution in [1.29, 1.82) is 5.26 Å². The molecule has 0 saturated heterocycles. The molecule has 2 aromatic carbocycles. The Labute approximate surface area is 210 Å². The third kappa shape index (κ3) is 4.65. The summed E-state index contributed by atoms with van der Waals surface area (Å²) in [6, 6.07) is 7.47. The van der Waals surface area contributed by atoms with Gasteiger partial charge < -0.3 is 5.32 Å². The fourth-order valence-corrected chi connectivity index (χ4v) is 3.87. The number of aromatic nitrogens is 1. The first-order valence-corrected chi connectivity index (χ1v) is 10.6. The van der Waals surface area contributed by atoms with Gasteiger partial charge in [-0.1, -0.05) is 18.5 Å². The molecule has 0 aliphatic rings. The number of halogens is 9. The zero-order valence-corrected chi connectivity index (χ0v) is 19.5. The van der Waals surface area contributed by atoms with Gasteiger partial charge >= 0.3 is 23.9 Å². The number of amides is 1. The maximum absolute atomic E-state index is 15.0. The van der Waals surface area contributed by atoms with Crippen LogP contribution in [0.4, 0.5) is 45.2 Å². The predicted octanol–water partition coefficient (Wildman–Crippen LogP) is 5.95. The molecule has 0 saturated carbocycles. The van der Waals surface area contributed by atoms with Crippen LogP contribution < -0.4 is 10.8 Å². The highest BCUT2D eigenvalue weighted by Gasteiger charge is 2.81. The molecule has 1 heterocycles. The summed E-state index contributed by atoms with van der Waals surface area (Å²) < 4.78 is 122. The van der Waals surface area contributed by atoms with Gasteiger partial charge in [0.1, 0.15) is 19.6 Å². The molecule has 14 heteroatoms. The van der Waals surface area contributed by atoms with E-state index in [1.54, 1.807) is 0 Å². The van der Waals surface area contributed by atoms with Crippen LogP contribution in [0.3, 0.4) is 0 Å². The molecule has 198 valence electrons. The smallest absolute Gasteiger partial charge is 0.321 e. The number of alkyl halides is 9. The van der Waals surface area contributed by atoms with E-state index in [4.69, 9.17) is 13.1 Å². The topological polar surface area (TPSA) is 65.8 Å². The molecule has 0 aliphatic carbocycles. The van der Waals surface area contributed by atoms with Crippen molar-refractivity contribution in [2.75, 3.05) is 5.32 Å². The van der Waals surface area contributed by atoms with Gasteiger partial charge in [-0.05, 0) is 60.2 Å². The van der Waals surface area contributed by atoms with Crippen molar-refractivity contribution >= 4 is 35.8 Å². The number of carbonyl (C=O) groups excluding carboxylic acids is 1. The second kappa shape index (κ2) is 9.52. The van der Waals surface area contributed by atoms with Gasteiger partial charge in [-0.25, -0.2) is 9.37 Å². The molecule has 4 nitrogen and oxygen atoms in total. The third-order valence-corrected chi connectivity index (χ3v) is 5.83. The fraction of sp³-hybridized carbons (Fsp3) is 0.292. The van der Waals surface area contributed by atoms with E-state index in [0.29, 0.717) is 5.39 Å². The van der Waals surface area contributed by atoms with Crippen molar-refractivity contribution < 1.29 is 44.3 Å². The zero-order chi connectivity index (χ0) is 28.8. The Morgan fingerprint density at radius 2 is 1.63 bits per heavy atom. The maximum atomic E-state index is 15.0. The van der Waals surface area contributed by atoms with E-state index in [2.05, 4.69) is 10.3 Å². The number of aryl methyl sites for hydroxylation is 2. The Morgan fingerprint density at radius 3 is 2.16 bits per heavy atom. The molecule has 1 N–H and O–H groups in total. The minimum Gasteiger partial charge on any atom is -0.321 e. The molecule has 3 aromatic rings. The van der Waals surface area contributed by atoms with Gasteiger partial charge in [-0.15, -0.1) is 0 Å². The average molecular weight is 543 g/mol. The second-order valence-corrected chi connectivity index (χ2v) is 8.30. The molecule has 38 heavy (non-hydrogen) atoms. The number of nitrogens with zero attached hydrogens (tertiary/aromatic N) is 2. The standard InChI is InChI=1S/C24H15BF9N3O/c1-3-12-7-14(21(26,23(29,30)31)22(27,28)24(32,33)34)6-11(2)19(12)37-20(38)13-4-5-18-16(8-13)17(25)9-15(10-35)36-18/h4-9H,3H2,1-2H3,(H,37,38). The van der Waals surface area contributed by atoms with E-state index in [9.17, 15) is 44.3 Å². The highest BCUT2D eigenvalue weighted by atomic mass is 19.4. The van der Waals surface area contributed by atoms with E-state index in [1.807, 2.05) is 6.07 Å². The fourth-order valence-electron chi connectivity index (χ4n) is 3.87. The third-order valence-electron chi connectivity index (χ3n) is 5.83. The van der Waals surface area contributed by atoms with Crippen LogP contribution in [0.2, 0.25) is 0 Å². The van der Waals surface area contributed by atoms with Crippen LogP contribution in [0.1, 0.15) is 39.7 Å². The Morgan fingerprint density at radius 1 is 1.00 bits per heavy atom.